The largest absolute Gasteiger partial charge is 0.495 e. The summed E-state index contributed by atoms with van der Waals surface area (Å²) in [6, 6.07) is 3.24. The molecule has 2 N–H and O–H groups in total. The molecule has 1 fully saturated rings. The third-order valence-electron chi connectivity index (χ3n) is 3.03. The van der Waals surface area contributed by atoms with E-state index in [-0.39, 0.29) is 22.4 Å². The third kappa shape index (κ3) is 3.06. The molecule has 110 valence electrons. The van der Waals surface area contributed by atoms with E-state index in [4.69, 9.17) is 4.74 Å². The summed E-state index contributed by atoms with van der Waals surface area (Å²) in [7, 11) is -2.49. The number of ether oxygens (including phenoxy) is 1. The summed E-state index contributed by atoms with van der Waals surface area (Å²) in [5.74, 6) is -0.0438. The molecular formula is C11H15N3O5S. The lowest BCUT2D eigenvalue weighted by molar-refractivity contribution is -0.385. The second-order valence-corrected chi connectivity index (χ2v) is 6.09. The molecule has 1 aromatic carbocycles. The highest BCUT2D eigenvalue weighted by Crippen LogP contribution is 2.28. The summed E-state index contributed by atoms with van der Waals surface area (Å²) >= 11 is 0. The number of nitro groups is 1. The van der Waals surface area contributed by atoms with Gasteiger partial charge in [0.2, 0.25) is 10.0 Å². The third-order valence-corrected chi connectivity index (χ3v) is 4.59. The predicted molar refractivity (Wildman–Crippen MR) is 71.2 cm³/mol. The summed E-state index contributed by atoms with van der Waals surface area (Å²) < 4.78 is 32.0. The second-order valence-electron chi connectivity index (χ2n) is 4.40. The van der Waals surface area contributed by atoms with Crippen molar-refractivity contribution in [1.82, 2.24) is 10.0 Å². The van der Waals surface area contributed by atoms with Crippen molar-refractivity contribution in [1.29, 1.82) is 0 Å². The Morgan fingerprint density at radius 2 is 2.25 bits per heavy atom. The minimum absolute atomic E-state index is 0.0438. The van der Waals surface area contributed by atoms with Crippen molar-refractivity contribution in [3.8, 4) is 5.75 Å². The lowest BCUT2D eigenvalue weighted by Gasteiger charge is -2.14. The first-order chi connectivity index (χ1) is 9.44. The van der Waals surface area contributed by atoms with Crippen LogP contribution in [0.4, 0.5) is 5.69 Å². The average molecular weight is 301 g/mol. The lowest BCUT2D eigenvalue weighted by atomic mass is 10.3. The molecule has 0 aromatic heterocycles. The predicted octanol–water partition coefficient (Wildman–Crippen LogP) is 0.244. The molecular weight excluding hydrogens is 286 g/mol. The van der Waals surface area contributed by atoms with Crippen LogP contribution in [-0.2, 0) is 10.0 Å². The van der Waals surface area contributed by atoms with Crippen LogP contribution in [0.1, 0.15) is 6.42 Å². The highest BCUT2D eigenvalue weighted by atomic mass is 32.2. The van der Waals surface area contributed by atoms with Crippen molar-refractivity contribution in [3.63, 3.8) is 0 Å². The van der Waals surface area contributed by atoms with Gasteiger partial charge in [0.1, 0.15) is 10.6 Å². The van der Waals surface area contributed by atoms with E-state index in [0.717, 1.165) is 18.7 Å². The minimum atomic E-state index is -3.77. The summed E-state index contributed by atoms with van der Waals surface area (Å²) in [4.78, 5) is 9.98. The van der Waals surface area contributed by atoms with Gasteiger partial charge in [-0.15, -0.1) is 0 Å². The van der Waals surface area contributed by atoms with Gasteiger partial charge in [0.05, 0.1) is 18.1 Å². The molecule has 2 rings (SSSR count). The fourth-order valence-corrected chi connectivity index (χ4v) is 3.45. The number of non-ortho nitro benzene ring substituents is 1. The number of hydrogen-bond donors (Lipinski definition) is 2. The van der Waals surface area contributed by atoms with E-state index in [2.05, 4.69) is 10.0 Å². The highest BCUT2D eigenvalue weighted by molar-refractivity contribution is 7.89. The molecule has 0 saturated carbocycles. The van der Waals surface area contributed by atoms with E-state index < -0.39 is 14.9 Å². The lowest BCUT2D eigenvalue weighted by Crippen LogP contribution is -2.36. The molecule has 0 unspecified atom stereocenters. The normalized spacial score (nSPS) is 18.9. The Bertz CT molecular complexity index is 610. The van der Waals surface area contributed by atoms with Gasteiger partial charge < -0.3 is 10.1 Å². The summed E-state index contributed by atoms with van der Waals surface area (Å²) in [5.41, 5.74) is -0.219. The van der Waals surface area contributed by atoms with Crippen molar-refractivity contribution in [2.45, 2.75) is 17.4 Å². The number of rotatable bonds is 5. The standard InChI is InChI=1S/C11H15N3O5S/c1-19-10-6-9(14(15)16)2-3-11(10)20(17,18)13-8-4-5-12-7-8/h2-3,6,8,12-13H,4-5,7H2,1H3/t8-/m1/s1. The molecule has 0 spiro atoms. The van der Waals surface area contributed by atoms with Crippen LogP contribution in [0.3, 0.4) is 0 Å². The van der Waals surface area contributed by atoms with Crippen LogP contribution in [-0.4, -0.2) is 39.6 Å². The van der Waals surface area contributed by atoms with Crippen LogP contribution in [0.25, 0.3) is 0 Å². The molecule has 1 aliphatic rings. The van der Waals surface area contributed by atoms with Crippen LogP contribution in [0, 0.1) is 10.1 Å². The van der Waals surface area contributed by atoms with Gasteiger partial charge in [-0.2, -0.15) is 0 Å². The molecule has 1 atom stereocenters. The van der Waals surface area contributed by atoms with Crippen LogP contribution in [0.2, 0.25) is 0 Å². The van der Waals surface area contributed by atoms with Crippen molar-refractivity contribution >= 4 is 15.7 Å². The molecule has 8 nitrogen and oxygen atoms in total. The van der Waals surface area contributed by atoms with Gasteiger partial charge in [-0.25, -0.2) is 13.1 Å². The van der Waals surface area contributed by atoms with Gasteiger partial charge in [0.15, 0.2) is 0 Å². The van der Waals surface area contributed by atoms with Gasteiger partial charge in [-0.05, 0) is 19.0 Å². The van der Waals surface area contributed by atoms with Crippen molar-refractivity contribution in [2.24, 2.45) is 0 Å². The Balaban J connectivity index is 2.32. The number of nitro benzene ring substituents is 1. The molecule has 1 aliphatic heterocycles. The van der Waals surface area contributed by atoms with E-state index in [1.54, 1.807) is 0 Å². The van der Waals surface area contributed by atoms with E-state index in [9.17, 15) is 18.5 Å². The molecule has 0 bridgehead atoms. The summed E-state index contributed by atoms with van der Waals surface area (Å²) in [6.07, 6.45) is 0.703. The molecule has 1 aromatic rings. The van der Waals surface area contributed by atoms with Gasteiger partial charge in [-0.1, -0.05) is 0 Å². The minimum Gasteiger partial charge on any atom is -0.495 e. The molecule has 9 heteroatoms. The number of benzene rings is 1. The first-order valence-corrected chi connectivity index (χ1v) is 7.48. The first kappa shape index (κ1) is 14.7. The van der Waals surface area contributed by atoms with Crippen LogP contribution in [0.5, 0.6) is 5.75 Å². The smallest absolute Gasteiger partial charge is 0.273 e. The maximum absolute atomic E-state index is 12.3. The fourth-order valence-electron chi connectivity index (χ4n) is 2.03. The molecule has 0 aliphatic carbocycles. The Hall–Kier alpha value is -1.71. The Labute approximate surface area is 116 Å². The number of sulfonamides is 1. The molecule has 0 amide bonds. The Kier molecular flexibility index (Phi) is 4.21. The molecule has 1 saturated heterocycles. The van der Waals surface area contributed by atoms with E-state index in [1.165, 1.54) is 13.2 Å². The topological polar surface area (TPSA) is 111 Å². The van der Waals surface area contributed by atoms with Gasteiger partial charge in [0.25, 0.3) is 5.69 Å². The summed E-state index contributed by atoms with van der Waals surface area (Å²) in [6.45, 7) is 1.32. The van der Waals surface area contributed by atoms with Gasteiger partial charge in [0, 0.05) is 18.7 Å². The number of nitrogens with zero attached hydrogens (tertiary/aromatic N) is 1. The summed E-state index contributed by atoms with van der Waals surface area (Å²) in [5, 5.41) is 13.7. The highest BCUT2D eigenvalue weighted by Gasteiger charge is 2.26. The van der Waals surface area contributed by atoms with Crippen LogP contribution >= 0.6 is 0 Å². The molecule has 20 heavy (non-hydrogen) atoms. The van der Waals surface area contributed by atoms with Crippen molar-refractivity contribution < 1.29 is 18.1 Å². The molecule has 0 radical (unpaired) electrons. The first-order valence-electron chi connectivity index (χ1n) is 5.99. The van der Waals surface area contributed by atoms with Crippen molar-refractivity contribution in [2.75, 3.05) is 20.2 Å². The Morgan fingerprint density at radius 3 is 2.80 bits per heavy atom. The van der Waals surface area contributed by atoms with Gasteiger partial charge >= 0.3 is 0 Å². The zero-order valence-electron chi connectivity index (χ0n) is 10.8. The van der Waals surface area contributed by atoms with E-state index in [0.29, 0.717) is 13.0 Å². The number of methoxy groups -OCH3 is 1. The monoisotopic (exact) mass is 301 g/mol. The fraction of sp³-hybridized carbons (Fsp3) is 0.455. The quantitative estimate of drug-likeness (QED) is 0.595. The maximum atomic E-state index is 12.3. The maximum Gasteiger partial charge on any atom is 0.273 e. The van der Waals surface area contributed by atoms with E-state index >= 15 is 0 Å². The zero-order chi connectivity index (χ0) is 14.8. The van der Waals surface area contributed by atoms with Crippen LogP contribution < -0.4 is 14.8 Å². The van der Waals surface area contributed by atoms with Crippen molar-refractivity contribution in [3.05, 3.63) is 28.3 Å². The molecule has 1 heterocycles. The number of nitrogens with one attached hydrogen (secondary N) is 2. The average Bonchev–Trinajstić information content (AvgIpc) is 2.89. The zero-order valence-corrected chi connectivity index (χ0v) is 11.6. The Morgan fingerprint density at radius 1 is 1.50 bits per heavy atom. The number of hydrogen-bond acceptors (Lipinski definition) is 6. The SMILES string of the molecule is COc1cc([N+](=O)[O-])ccc1S(=O)(=O)N[C@@H]1CCNC1. The van der Waals surface area contributed by atoms with E-state index in [1.807, 2.05) is 0 Å². The van der Waals surface area contributed by atoms with Crippen LogP contribution in [0.15, 0.2) is 23.1 Å². The second kappa shape index (κ2) is 5.73. The van der Waals surface area contributed by atoms with Gasteiger partial charge in [-0.3, -0.25) is 10.1 Å².